The summed E-state index contributed by atoms with van der Waals surface area (Å²) < 4.78 is 29.2. The molecule has 132 valence electrons. The SMILES string of the molecule is CC(c1cccc(C#N)n1)C(O)(Cn1cncn1)c1ccc(F)cc1F. The second-order valence-corrected chi connectivity index (χ2v) is 5.92. The highest BCUT2D eigenvalue weighted by atomic mass is 19.1. The van der Waals surface area contributed by atoms with E-state index < -0.39 is 23.2 Å². The number of benzene rings is 1. The standard InChI is InChI=1S/C18H15F2N5O/c1-12(17-4-2-3-14(8-21)24-17)18(26,9-25-11-22-10-23-25)15-6-5-13(19)7-16(15)20/h2-7,10-12,26H,9H2,1H3. The van der Waals surface area contributed by atoms with Gasteiger partial charge >= 0.3 is 0 Å². The Kier molecular flexibility index (Phi) is 4.73. The van der Waals surface area contributed by atoms with E-state index >= 15 is 0 Å². The summed E-state index contributed by atoms with van der Waals surface area (Å²) in [7, 11) is 0. The molecule has 1 aromatic carbocycles. The van der Waals surface area contributed by atoms with Crippen molar-refractivity contribution in [3.8, 4) is 6.07 Å². The molecule has 6 nitrogen and oxygen atoms in total. The Morgan fingerprint density at radius 1 is 1.31 bits per heavy atom. The molecule has 2 atom stereocenters. The number of nitrogens with zero attached hydrogens (tertiary/aromatic N) is 5. The van der Waals surface area contributed by atoms with Crippen molar-refractivity contribution < 1.29 is 13.9 Å². The molecule has 26 heavy (non-hydrogen) atoms. The summed E-state index contributed by atoms with van der Waals surface area (Å²) in [6.07, 6.45) is 2.68. The molecule has 0 bridgehead atoms. The first-order valence-electron chi connectivity index (χ1n) is 7.81. The van der Waals surface area contributed by atoms with Crippen LogP contribution in [0.3, 0.4) is 0 Å². The Labute approximate surface area is 148 Å². The second-order valence-electron chi connectivity index (χ2n) is 5.92. The van der Waals surface area contributed by atoms with Crippen LogP contribution >= 0.6 is 0 Å². The molecule has 0 amide bonds. The molecular formula is C18H15F2N5O. The highest BCUT2D eigenvalue weighted by Gasteiger charge is 2.40. The van der Waals surface area contributed by atoms with E-state index in [0.29, 0.717) is 11.8 Å². The Morgan fingerprint density at radius 3 is 2.77 bits per heavy atom. The van der Waals surface area contributed by atoms with Gasteiger partial charge in [0.25, 0.3) is 0 Å². The van der Waals surface area contributed by atoms with Gasteiger partial charge in [0.15, 0.2) is 0 Å². The molecule has 0 spiro atoms. The zero-order valence-corrected chi connectivity index (χ0v) is 13.8. The molecule has 0 aliphatic heterocycles. The zero-order chi connectivity index (χ0) is 18.7. The molecule has 2 heterocycles. The van der Waals surface area contributed by atoms with E-state index in [9.17, 15) is 13.9 Å². The summed E-state index contributed by atoms with van der Waals surface area (Å²) in [6, 6.07) is 9.73. The average molecular weight is 355 g/mol. The van der Waals surface area contributed by atoms with Crippen LogP contribution in [0.5, 0.6) is 0 Å². The molecule has 0 radical (unpaired) electrons. The van der Waals surface area contributed by atoms with Gasteiger partial charge in [-0.15, -0.1) is 0 Å². The number of aromatic nitrogens is 4. The van der Waals surface area contributed by atoms with Crippen LogP contribution in [0.1, 0.15) is 29.8 Å². The summed E-state index contributed by atoms with van der Waals surface area (Å²) >= 11 is 0. The molecule has 2 aromatic heterocycles. The van der Waals surface area contributed by atoms with Crippen LogP contribution in [-0.2, 0) is 12.1 Å². The monoisotopic (exact) mass is 355 g/mol. The number of pyridine rings is 1. The van der Waals surface area contributed by atoms with Gasteiger partial charge in [-0.2, -0.15) is 10.4 Å². The molecule has 1 N–H and O–H groups in total. The van der Waals surface area contributed by atoms with Gasteiger partial charge in [0.05, 0.1) is 6.54 Å². The van der Waals surface area contributed by atoms with Gasteiger partial charge in [0.1, 0.15) is 41.7 Å². The van der Waals surface area contributed by atoms with Crippen LogP contribution < -0.4 is 0 Å². The predicted molar refractivity (Wildman–Crippen MR) is 87.6 cm³/mol. The van der Waals surface area contributed by atoms with Crippen molar-refractivity contribution in [2.24, 2.45) is 0 Å². The zero-order valence-electron chi connectivity index (χ0n) is 13.8. The highest BCUT2D eigenvalue weighted by Crippen LogP contribution is 2.39. The molecular weight excluding hydrogens is 340 g/mol. The van der Waals surface area contributed by atoms with Gasteiger partial charge < -0.3 is 5.11 Å². The third-order valence-electron chi connectivity index (χ3n) is 4.31. The first-order valence-corrected chi connectivity index (χ1v) is 7.81. The Bertz CT molecular complexity index is 954. The fourth-order valence-corrected chi connectivity index (χ4v) is 2.86. The van der Waals surface area contributed by atoms with E-state index in [-0.39, 0.29) is 17.8 Å². The third-order valence-corrected chi connectivity index (χ3v) is 4.31. The molecule has 0 aliphatic carbocycles. The minimum atomic E-state index is -1.80. The third kappa shape index (κ3) is 3.30. The summed E-state index contributed by atoms with van der Waals surface area (Å²) in [5.41, 5.74) is -1.31. The molecule has 2 unspecified atom stereocenters. The minimum Gasteiger partial charge on any atom is -0.382 e. The largest absolute Gasteiger partial charge is 0.382 e. The molecule has 3 aromatic rings. The molecule has 0 aliphatic rings. The smallest absolute Gasteiger partial charge is 0.140 e. The second kappa shape index (κ2) is 6.98. The maximum atomic E-state index is 14.5. The summed E-state index contributed by atoms with van der Waals surface area (Å²) in [6.45, 7) is 1.53. The van der Waals surface area contributed by atoms with Gasteiger partial charge in [0, 0.05) is 23.2 Å². The van der Waals surface area contributed by atoms with E-state index in [0.717, 1.165) is 6.07 Å². The van der Waals surface area contributed by atoms with Crippen molar-refractivity contribution in [3.05, 3.63) is 77.6 Å². The lowest BCUT2D eigenvalue weighted by Crippen LogP contribution is -2.38. The van der Waals surface area contributed by atoms with Crippen molar-refractivity contribution in [1.29, 1.82) is 5.26 Å². The average Bonchev–Trinajstić information content (AvgIpc) is 3.13. The molecule has 8 heteroatoms. The first kappa shape index (κ1) is 17.6. The van der Waals surface area contributed by atoms with Crippen molar-refractivity contribution in [2.75, 3.05) is 0 Å². The van der Waals surface area contributed by atoms with Crippen LogP contribution in [0.25, 0.3) is 0 Å². The van der Waals surface area contributed by atoms with Gasteiger partial charge in [-0.1, -0.05) is 19.1 Å². The van der Waals surface area contributed by atoms with Crippen LogP contribution in [-0.4, -0.2) is 24.9 Å². The molecule has 0 fully saturated rings. The van der Waals surface area contributed by atoms with E-state index in [1.165, 1.54) is 29.5 Å². The van der Waals surface area contributed by atoms with E-state index in [2.05, 4.69) is 15.1 Å². The number of rotatable bonds is 5. The Morgan fingerprint density at radius 2 is 2.12 bits per heavy atom. The van der Waals surface area contributed by atoms with Crippen molar-refractivity contribution in [2.45, 2.75) is 25.0 Å². The van der Waals surface area contributed by atoms with Crippen LogP contribution in [0.2, 0.25) is 0 Å². The quantitative estimate of drug-likeness (QED) is 0.760. The Hall–Kier alpha value is -3.18. The van der Waals surface area contributed by atoms with E-state index in [1.54, 1.807) is 19.1 Å². The van der Waals surface area contributed by atoms with Crippen LogP contribution in [0, 0.1) is 23.0 Å². The maximum Gasteiger partial charge on any atom is 0.140 e. The summed E-state index contributed by atoms with van der Waals surface area (Å²) in [4.78, 5) is 8.02. The number of hydrogen-bond donors (Lipinski definition) is 1. The lowest BCUT2D eigenvalue weighted by molar-refractivity contribution is -0.0123. The number of hydrogen-bond acceptors (Lipinski definition) is 5. The summed E-state index contributed by atoms with van der Waals surface area (Å²) in [5.74, 6) is -2.34. The predicted octanol–water partition coefficient (Wildman–Crippen LogP) is 2.51. The molecule has 3 rings (SSSR count). The van der Waals surface area contributed by atoms with Crippen molar-refractivity contribution in [1.82, 2.24) is 19.7 Å². The minimum absolute atomic E-state index is 0.0916. The first-order chi connectivity index (χ1) is 12.4. The highest BCUT2D eigenvalue weighted by molar-refractivity contribution is 5.31. The maximum absolute atomic E-state index is 14.5. The Balaban J connectivity index is 2.11. The topological polar surface area (TPSA) is 87.6 Å². The summed E-state index contributed by atoms with van der Waals surface area (Å²) in [5, 5.41) is 24.4. The van der Waals surface area contributed by atoms with Gasteiger partial charge in [-0.05, 0) is 18.2 Å². The number of aliphatic hydroxyl groups is 1. The van der Waals surface area contributed by atoms with E-state index in [1.807, 2.05) is 6.07 Å². The fraction of sp³-hybridized carbons (Fsp3) is 0.222. The number of nitriles is 1. The van der Waals surface area contributed by atoms with Gasteiger partial charge in [-0.25, -0.2) is 23.4 Å². The lowest BCUT2D eigenvalue weighted by atomic mass is 9.79. The van der Waals surface area contributed by atoms with Crippen molar-refractivity contribution in [3.63, 3.8) is 0 Å². The molecule has 0 saturated carbocycles. The van der Waals surface area contributed by atoms with E-state index in [4.69, 9.17) is 5.26 Å². The van der Waals surface area contributed by atoms with Gasteiger partial charge in [-0.3, -0.25) is 0 Å². The van der Waals surface area contributed by atoms with Gasteiger partial charge in [0.2, 0.25) is 0 Å². The lowest BCUT2D eigenvalue weighted by Gasteiger charge is -2.34. The normalized spacial score (nSPS) is 14.4. The number of halogens is 2. The van der Waals surface area contributed by atoms with Crippen molar-refractivity contribution >= 4 is 0 Å². The van der Waals surface area contributed by atoms with Crippen LogP contribution in [0.15, 0.2) is 49.1 Å². The van der Waals surface area contributed by atoms with Crippen LogP contribution in [0.4, 0.5) is 8.78 Å². The fourth-order valence-electron chi connectivity index (χ4n) is 2.86. The molecule has 0 saturated heterocycles.